The Labute approximate surface area is 218 Å². The van der Waals surface area contributed by atoms with Gasteiger partial charge in [0.2, 0.25) is 0 Å². The van der Waals surface area contributed by atoms with Crippen LogP contribution in [0, 0.1) is 25.7 Å². The van der Waals surface area contributed by atoms with Gasteiger partial charge in [-0.2, -0.15) is 0 Å². The van der Waals surface area contributed by atoms with Crippen molar-refractivity contribution in [1.82, 2.24) is 9.88 Å². The molecule has 3 aliphatic rings. The van der Waals surface area contributed by atoms with E-state index in [4.69, 9.17) is 9.72 Å². The average Bonchev–Trinajstić information content (AvgIpc) is 3.65. The molecular weight excluding hydrogens is 466 g/mol. The highest BCUT2D eigenvalue weighted by Gasteiger charge is 2.34. The molecule has 2 saturated heterocycles. The van der Waals surface area contributed by atoms with Crippen molar-refractivity contribution < 1.29 is 9.53 Å². The minimum Gasteiger partial charge on any atom is -0.488 e. The molecule has 0 unspecified atom stereocenters. The Bertz CT molecular complexity index is 1250. The summed E-state index contributed by atoms with van der Waals surface area (Å²) >= 11 is 1.75. The highest BCUT2D eigenvalue weighted by atomic mass is 32.1. The van der Waals surface area contributed by atoms with Gasteiger partial charge in [-0.15, -0.1) is 11.3 Å². The van der Waals surface area contributed by atoms with Crippen molar-refractivity contribution in [2.75, 3.05) is 31.1 Å². The monoisotopic (exact) mass is 501 g/mol. The first kappa shape index (κ1) is 23.5. The van der Waals surface area contributed by atoms with Crippen LogP contribution in [0.15, 0.2) is 41.8 Å². The molecule has 6 rings (SSSR count). The number of carbonyl (C=O) groups is 1. The van der Waals surface area contributed by atoms with Gasteiger partial charge in [-0.05, 0) is 93.2 Å². The van der Waals surface area contributed by atoms with E-state index in [-0.39, 0.29) is 5.91 Å². The molecule has 2 aliphatic heterocycles. The van der Waals surface area contributed by atoms with Crippen molar-refractivity contribution in [3.8, 4) is 17.0 Å². The third kappa shape index (κ3) is 4.75. The molecule has 2 atom stereocenters. The van der Waals surface area contributed by atoms with Crippen molar-refractivity contribution in [2.45, 2.75) is 52.6 Å². The van der Waals surface area contributed by atoms with Crippen molar-refractivity contribution in [1.29, 1.82) is 0 Å². The topological polar surface area (TPSA) is 45.7 Å². The second-order valence-corrected chi connectivity index (χ2v) is 11.7. The van der Waals surface area contributed by atoms with E-state index < -0.39 is 0 Å². The van der Waals surface area contributed by atoms with Crippen LogP contribution in [0.3, 0.4) is 0 Å². The van der Waals surface area contributed by atoms with Gasteiger partial charge in [0.05, 0.1) is 5.69 Å². The first-order chi connectivity index (χ1) is 17.5. The van der Waals surface area contributed by atoms with Crippen LogP contribution in [0.4, 0.5) is 5.13 Å². The second kappa shape index (κ2) is 9.89. The number of rotatable bonds is 6. The molecule has 5 nitrogen and oxygen atoms in total. The largest absolute Gasteiger partial charge is 0.488 e. The van der Waals surface area contributed by atoms with Crippen LogP contribution in [0.25, 0.3) is 11.3 Å². The van der Waals surface area contributed by atoms with E-state index >= 15 is 0 Å². The summed E-state index contributed by atoms with van der Waals surface area (Å²) in [7, 11) is 0. The number of nitrogens with zero attached hydrogens (tertiary/aromatic N) is 3. The van der Waals surface area contributed by atoms with Crippen molar-refractivity contribution in [2.24, 2.45) is 11.8 Å². The Morgan fingerprint density at radius 2 is 1.83 bits per heavy atom. The number of hydrogen-bond acceptors (Lipinski definition) is 5. The Balaban J connectivity index is 1.18. The summed E-state index contributed by atoms with van der Waals surface area (Å²) in [5.41, 5.74) is 6.21. The van der Waals surface area contributed by atoms with Gasteiger partial charge in [0.25, 0.3) is 5.91 Å². The van der Waals surface area contributed by atoms with Crippen LogP contribution in [-0.2, 0) is 6.61 Å². The number of hydrogen-bond donors (Lipinski definition) is 0. The zero-order chi connectivity index (χ0) is 24.6. The highest BCUT2D eigenvalue weighted by molar-refractivity contribution is 7.14. The van der Waals surface area contributed by atoms with Crippen LogP contribution in [0.2, 0.25) is 0 Å². The van der Waals surface area contributed by atoms with Crippen molar-refractivity contribution in [3.05, 3.63) is 64.0 Å². The van der Waals surface area contributed by atoms with Gasteiger partial charge in [0.15, 0.2) is 5.13 Å². The Hall–Kier alpha value is -2.86. The van der Waals surface area contributed by atoms with Crippen LogP contribution < -0.4 is 9.64 Å². The van der Waals surface area contributed by atoms with E-state index in [1.54, 1.807) is 11.3 Å². The molecular formula is C30H35N3O2S. The normalized spacial score (nSPS) is 21.3. The van der Waals surface area contributed by atoms with Gasteiger partial charge in [-0.25, -0.2) is 4.98 Å². The van der Waals surface area contributed by atoms with Gasteiger partial charge in [-0.3, -0.25) is 4.79 Å². The first-order valence-electron chi connectivity index (χ1n) is 13.4. The number of piperidine rings is 1. The zero-order valence-electron chi connectivity index (χ0n) is 21.3. The molecule has 3 heterocycles. The van der Waals surface area contributed by atoms with Gasteiger partial charge in [0, 0.05) is 42.7 Å². The maximum absolute atomic E-state index is 12.8. The Morgan fingerprint density at radius 1 is 1.06 bits per heavy atom. The van der Waals surface area contributed by atoms with E-state index in [1.165, 1.54) is 24.8 Å². The minimum absolute atomic E-state index is 0.143. The molecule has 6 heteroatoms. The maximum Gasteiger partial charge on any atom is 0.253 e. The van der Waals surface area contributed by atoms with Crippen molar-refractivity contribution >= 4 is 22.4 Å². The quantitative estimate of drug-likeness (QED) is 0.388. The molecule has 1 aliphatic carbocycles. The van der Waals surface area contributed by atoms with Crippen LogP contribution in [0.1, 0.15) is 59.2 Å². The Kier molecular flexibility index (Phi) is 6.46. The van der Waals surface area contributed by atoms with E-state index in [1.807, 2.05) is 23.1 Å². The van der Waals surface area contributed by atoms with Crippen LogP contribution >= 0.6 is 11.3 Å². The third-order valence-electron chi connectivity index (χ3n) is 8.15. The SMILES string of the molecule is Cc1ccc(OCc2ccc(C(=O)N3CCCC3)cc2C)c(-c2csc(N3C[C@@H]4CC[C@@H](C4)C3)n2)c1. The van der Waals surface area contributed by atoms with Gasteiger partial charge < -0.3 is 14.5 Å². The lowest BCUT2D eigenvalue weighted by molar-refractivity contribution is 0.0792. The Morgan fingerprint density at radius 3 is 2.58 bits per heavy atom. The molecule has 36 heavy (non-hydrogen) atoms. The van der Waals surface area contributed by atoms with Crippen LogP contribution in [0.5, 0.6) is 5.75 Å². The van der Waals surface area contributed by atoms with E-state index in [0.29, 0.717) is 6.61 Å². The zero-order valence-corrected chi connectivity index (χ0v) is 22.2. The molecule has 2 bridgehead atoms. The fraction of sp³-hybridized carbons (Fsp3) is 0.467. The summed E-state index contributed by atoms with van der Waals surface area (Å²) in [6.45, 7) is 8.68. The summed E-state index contributed by atoms with van der Waals surface area (Å²) in [5, 5.41) is 3.32. The molecule has 1 aromatic heterocycles. The van der Waals surface area contributed by atoms with E-state index in [0.717, 1.165) is 89.7 Å². The average molecular weight is 502 g/mol. The van der Waals surface area contributed by atoms with Gasteiger partial charge in [0.1, 0.15) is 12.4 Å². The standard InChI is InChI=1S/C30H35N3O2S/c1-20-5-10-28(35-18-25-9-8-24(14-21(25)2)29(34)32-11-3-4-12-32)26(13-20)27-19-36-30(31-27)33-16-22-6-7-23(15-22)17-33/h5,8-10,13-14,19,22-23H,3-4,6-7,11-12,15-18H2,1-2H3/t22-,23+. The summed E-state index contributed by atoms with van der Waals surface area (Å²) in [4.78, 5) is 22.3. The predicted molar refractivity (Wildman–Crippen MR) is 146 cm³/mol. The number of fused-ring (bicyclic) bond motifs is 2. The van der Waals surface area contributed by atoms with Crippen molar-refractivity contribution in [3.63, 3.8) is 0 Å². The van der Waals surface area contributed by atoms with Crippen LogP contribution in [-0.4, -0.2) is 42.0 Å². The fourth-order valence-electron chi connectivity index (χ4n) is 6.12. The number of benzene rings is 2. The molecule has 1 saturated carbocycles. The molecule has 0 spiro atoms. The maximum atomic E-state index is 12.8. The van der Waals surface area contributed by atoms with E-state index in [9.17, 15) is 4.79 Å². The molecule has 3 fully saturated rings. The molecule has 3 aromatic rings. The summed E-state index contributed by atoms with van der Waals surface area (Å²) in [5.74, 6) is 2.68. The number of carbonyl (C=O) groups excluding carboxylic acids is 1. The lowest BCUT2D eigenvalue weighted by Gasteiger charge is -2.31. The van der Waals surface area contributed by atoms with Gasteiger partial charge in [-0.1, -0.05) is 17.7 Å². The summed E-state index contributed by atoms with van der Waals surface area (Å²) in [6.07, 6.45) is 6.37. The molecule has 2 aromatic carbocycles. The number of ether oxygens (including phenoxy) is 1. The molecule has 0 N–H and O–H groups in total. The van der Waals surface area contributed by atoms with Gasteiger partial charge >= 0.3 is 0 Å². The third-order valence-corrected chi connectivity index (χ3v) is 9.05. The minimum atomic E-state index is 0.143. The smallest absolute Gasteiger partial charge is 0.253 e. The molecule has 1 amide bonds. The number of aryl methyl sites for hydroxylation is 2. The lowest BCUT2D eigenvalue weighted by Crippen LogP contribution is -2.36. The lowest BCUT2D eigenvalue weighted by atomic mass is 9.99. The van der Waals surface area contributed by atoms with E-state index in [2.05, 4.69) is 42.3 Å². The first-order valence-corrected chi connectivity index (χ1v) is 14.2. The predicted octanol–water partition coefficient (Wildman–Crippen LogP) is 6.48. The number of aromatic nitrogens is 1. The summed E-state index contributed by atoms with van der Waals surface area (Å²) < 4.78 is 6.37. The highest BCUT2D eigenvalue weighted by Crippen LogP contribution is 2.40. The number of thiazole rings is 1. The number of anilines is 1. The molecule has 188 valence electrons. The number of likely N-dealkylation sites (tertiary alicyclic amines) is 1. The molecule has 0 radical (unpaired) electrons. The fourth-order valence-corrected chi connectivity index (χ4v) is 6.96. The summed E-state index contributed by atoms with van der Waals surface area (Å²) in [6, 6.07) is 12.3. The second-order valence-electron chi connectivity index (χ2n) is 10.9. The number of amides is 1.